The van der Waals surface area contributed by atoms with Crippen molar-refractivity contribution in [3.63, 3.8) is 0 Å². The molecule has 0 atom stereocenters. The molecule has 1 aromatic heterocycles. The molecule has 0 saturated carbocycles. The number of hydrazine groups is 1. The lowest BCUT2D eigenvalue weighted by Crippen LogP contribution is -2.44. The third kappa shape index (κ3) is 5.91. The Hall–Kier alpha value is -3.89. The second kappa shape index (κ2) is 10.8. The summed E-state index contributed by atoms with van der Waals surface area (Å²) in [6.45, 7) is 1.58. The molecule has 3 rings (SSSR count). The van der Waals surface area contributed by atoms with Gasteiger partial charge in [-0.1, -0.05) is 50.1 Å². The molecule has 0 spiro atoms. The van der Waals surface area contributed by atoms with E-state index in [2.05, 4.69) is 16.0 Å². The van der Waals surface area contributed by atoms with Gasteiger partial charge in [-0.05, 0) is 24.6 Å². The maximum Gasteiger partial charge on any atom is 0.419 e. The van der Waals surface area contributed by atoms with Crippen LogP contribution in [-0.2, 0) is 17.5 Å². The van der Waals surface area contributed by atoms with Crippen molar-refractivity contribution >= 4 is 22.6 Å². The summed E-state index contributed by atoms with van der Waals surface area (Å²) in [5.41, 5.74) is 2.83. The number of rotatable bonds is 8. The molecule has 0 fully saturated rings. The number of nitrogens with zero attached hydrogens (tertiary/aromatic N) is 2. The van der Waals surface area contributed by atoms with Gasteiger partial charge < -0.3 is 4.74 Å². The zero-order chi connectivity index (χ0) is 24.7. The van der Waals surface area contributed by atoms with Gasteiger partial charge in [-0.2, -0.15) is 18.3 Å². The quantitative estimate of drug-likeness (QED) is 0.383. The fraction of sp³-hybridized carbons (Fsp3) is 0.304. The van der Waals surface area contributed by atoms with Gasteiger partial charge in [0.25, 0.3) is 17.4 Å². The van der Waals surface area contributed by atoms with E-state index in [-0.39, 0.29) is 11.3 Å². The molecule has 1 heterocycles. The first-order chi connectivity index (χ1) is 16.2. The minimum atomic E-state index is -4.64. The molecule has 2 N–H and O–H groups in total. The zero-order valence-corrected chi connectivity index (χ0v) is 18.3. The average molecular weight is 476 g/mol. The van der Waals surface area contributed by atoms with Crippen molar-refractivity contribution in [2.75, 3.05) is 6.61 Å². The predicted molar refractivity (Wildman–Crippen MR) is 118 cm³/mol. The molecule has 0 aliphatic heterocycles. The van der Waals surface area contributed by atoms with Crippen LogP contribution in [0, 0.1) is 0 Å². The lowest BCUT2D eigenvalue weighted by Gasteiger charge is -2.14. The summed E-state index contributed by atoms with van der Waals surface area (Å²) in [7, 11) is 0. The predicted octanol–water partition coefficient (Wildman–Crippen LogP) is 3.45. The number of alkyl halides is 3. The van der Waals surface area contributed by atoms with Crippen LogP contribution >= 0.6 is 0 Å². The third-order valence-corrected chi connectivity index (χ3v) is 4.92. The number of para-hydroxylation sites is 1. The standard InChI is InChI=1S/C23H23F3N4O4/c1-2-3-8-13-30-22(33)16-10-5-4-9-15(16)20(29-30)21(32)28-27-19(31)14-34-18-12-7-6-11-17(18)23(24,25)26/h4-7,9-12H,2-3,8,13-14H2,1H3,(H,27,31)(H,28,32). The summed E-state index contributed by atoms with van der Waals surface area (Å²) < 4.78 is 45.3. The lowest BCUT2D eigenvalue weighted by atomic mass is 10.1. The second-order valence-electron chi connectivity index (χ2n) is 7.41. The Kier molecular flexibility index (Phi) is 7.87. The number of amides is 2. The van der Waals surface area contributed by atoms with Crippen LogP contribution in [0.2, 0.25) is 0 Å². The second-order valence-corrected chi connectivity index (χ2v) is 7.41. The maximum atomic E-state index is 13.0. The van der Waals surface area contributed by atoms with Crippen LogP contribution in [0.25, 0.3) is 10.8 Å². The van der Waals surface area contributed by atoms with E-state index in [9.17, 15) is 27.6 Å². The van der Waals surface area contributed by atoms with Crippen molar-refractivity contribution in [1.82, 2.24) is 20.6 Å². The van der Waals surface area contributed by atoms with Crippen LogP contribution in [0.3, 0.4) is 0 Å². The van der Waals surface area contributed by atoms with Crippen LogP contribution in [-0.4, -0.2) is 28.2 Å². The van der Waals surface area contributed by atoms with Crippen molar-refractivity contribution < 1.29 is 27.5 Å². The topological polar surface area (TPSA) is 102 Å². The number of fused-ring (bicyclic) bond motifs is 1. The highest BCUT2D eigenvalue weighted by atomic mass is 19.4. The van der Waals surface area contributed by atoms with Gasteiger partial charge in [0.2, 0.25) is 0 Å². The minimum Gasteiger partial charge on any atom is -0.483 e. The van der Waals surface area contributed by atoms with E-state index in [1.807, 2.05) is 6.92 Å². The summed E-state index contributed by atoms with van der Waals surface area (Å²) in [4.78, 5) is 37.5. The molecule has 0 saturated heterocycles. The van der Waals surface area contributed by atoms with Crippen molar-refractivity contribution in [2.24, 2.45) is 0 Å². The molecule has 0 radical (unpaired) electrons. The fourth-order valence-electron chi connectivity index (χ4n) is 3.26. The summed E-state index contributed by atoms with van der Waals surface area (Å²) in [5, 5.41) is 4.78. The summed E-state index contributed by atoms with van der Waals surface area (Å²) in [5.74, 6) is -2.18. The number of aromatic nitrogens is 2. The van der Waals surface area contributed by atoms with Gasteiger partial charge in [-0.3, -0.25) is 25.2 Å². The summed E-state index contributed by atoms with van der Waals surface area (Å²) >= 11 is 0. The maximum absolute atomic E-state index is 13.0. The number of carbonyl (C=O) groups is 2. The molecular formula is C23H23F3N4O4. The number of carbonyl (C=O) groups excluding carboxylic acids is 2. The highest BCUT2D eigenvalue weighted by molar-refractivity contribution is 6.05. The van der Waals surface area contributed by atoms with Gasteiger partial charge in [-0.25, -0.2) is 4.68 Å². The van der Waals surface area contributed by atoms with E-state index in [0.717, 1.165) is 25.0 Å². The monoisotopic (exact) mass is 476 g/mol. The molecule has 34 heavy (non-hydrogen) atoms. The Bertz CT molecular complexity index is 1240. The zero-order valence-electron chi connectivity index (χ0n) is 18.3. The molecular weight excluding hydrogens is 453 g/mol. The van der Waals surface area contributed by atoms with Crippen molar-refractivity contribution in [1.29, 1.82) is 0 Å². The Balaban J connectivity index is 1.70. The van der Waals surface area contributed by atoms with E-state index in [1.165, 1.54) is 16.8 Å². The third-order valence-electron chi connectivity index (χ3n) is 4.92. The van der Waals surface area contributed by atoms with Crippen LogP contribution in [0.5, 0.6) is 5.75 Å². The molecule has 8 nitrogen and oxygen atoms in total. The van der Waals surface area contributed by atoms with Gasteiger partial charge in [0, 0.05) is 11.9 Å². The summed E-state index contributed by atoms with van der Waals surface area (Å²) in [6, 6.07) is 10.9. The Morgan fingerprint density at radius 1 is 1.00 bits per heavy atom. The van der Waals surface area contributed by atoms with Crippen LogP contribution in [0.1, 0.15) is 42.2 Å². The normalized spacial score (nSPS) is 11.3. The Labute approximate surface area is 192 Å². The highest BCUT2D eigenvalue weighted by Gasteiger charge is 2.34. The van der Waals surface area contributed by atoms with Crippen LogP contribution in [0.4, 0.5) is 13.2 Å². The van der Waals surface area contributed by atoms with E-state index >= 15 is 0 Å². The Morgan fingerprint density at radius 3 is 2.38 bits per heavy atom. The number of ether oxygens (including phenoxy) is 1. The smallest absolute Gasteiger partial charge is 0.419 e. The Morgan fingerprint density at radius 2 is 1.68 bits per heavy atom. The number of hydrogen-bond acceptors (Lipinski definition) is 5. The number of aryl methyl sites for hydroxylation is 1. The summed E-state index contributed by atoms with van der Waals surface area (Å²) in [6.07, 6.45) is -2.11. The van der Waals surface area contributed by atoms with Crippen molar-refractivity contribution in [2.45, 2.75) is 38.9 Å². The molecule has 0 bridgehead atoms. The van der Waals surface area contributed by atoms with Crippen molar-refractivity contribution in [3.8, 4) is 5.75 Å². The molecule has 3 aromatic rings. The average Bonchev–Trinajstić information content (AvgIpc) is 2.82. The fourth-order valence-corrected chi connectivity index (χ4v) is 3.26. The van der Waals surface area contributed by atoms with Gasteiger partial charge in [0.1, 0.15) is 5.75 Å². The minimum absolute atomic E-state index is 0.0738. The first-order valence-corrected chi connectivity index (χ1v) is 10.6. The highest BCUT2D eigenvalue weighted by Crippen LogP contribution is 2.35. The molecule has 0 aliphatic rings. The molecule has 2 amide bonds. The largest absolute Gasteiger partial charge is 0.483 e. The van der Waals surface area contributed by atoms with Gasteiger partial charge in [-0.15, -0.1) is 0 Å². The number of unbranched alkanes of at least 4 members (excludes halogenated alkanes) is 2. The van der Waals surface area contributed by atoms with E-state index in [1.54, 1.807) is 24.3 Å². The molecule has 180 valence electrons. The first kappa shape index (κ1) is 24.7. The number of halogens is 3. The van der Waals surface area contributed by atoms with Crippen LogP contribution < -0.4 is 21.1 Å². The number of nitrogens with one attached hydrogen (secondary N) is 2. The molecule has 11 heteroatoms. The molecule has 0 aliphatic carbocycles. The van der Waals surface area contributed by atoms with Crippen LogP contribution in [0.15, 0.2) is 53.3 Å². The first-order valence-electron chi connectivity index (χ1n) is 10.6. The SMILES string of the molecule is CCCCCn1nc(C(=O)NNC(=O)COc2ccccc2C(F)(F)F)c2ccccc2c1=O. The number of hydrogen-bond donors (Lipinski definition) is 2. The lowest BCUT2D eigenvalue weighted by molar-refractivity contribution is -0.139. The van der Waals surface area contributed by atoms with Crippen molar-refractivity contribution in [3.05, 3.63) is 70.1 Å². The molecule has 2 aromatic carbocycles. The number of benzene rings is 2. The van der Waals surface area contributed by atoms with E-state index in [0.29, 0.717) is 23.7 Å². The van der Waals surface area contributed by atoms with Gasteiger partial charge in [0.05, 0.1) is 10.9 Å². The van der Waals surface area contributed by atoms with Gasteiger partial charge >= 0.3 is 6.18 Å². The molecule has 0 unspecified atom stereocenters. The van der Waals surface area contributed by atoms with E-state index in [4.69, 9.17) is 4.74 Å². The van der Waals surface area contributed by atoms with E-state index < -0.39 is 35.9 Å². The van der Waals surface area contributed by atoms with Gasteiger partial charge in [0.15, 0.2) is 12.3 Å².